The minimum absolute atomic E-state index is 0.483. The van der Waals surface area contributed by atoms with E-state index in [-0.39, 0.29) is 0 Å². The third-order valence-corrected chi connectivity index (χ3v) is 4.23. The first-order valence-electron chi connectivity index (χ1n) is 8.12. The molecule has 2 aromatic heterocycles. The molecule has 2 aromatic rings. The molecule has 1 aliphatic heterocycles. The lowest BCUT2D eigenvalue weighted by Gasteiger charge is -2.35. The van der Waals surface area contributed by atoms with Crippen molar-refractivity contribution in [1.29, 1.82) is 0 Å². The molecular weight excluding hydrogens is 276 g/mol. The quantitative estimate of drug-likeness (QED) is 0.889. The maximum atomic E-state index is 5.40. The molecule has 1 aliphatic rings. The molecule has 1 saturated heterocycles. The van der Waals surface area contributed by atoms with E-state index in [2.05, 4.69) is 27.3 Å². The van der Waals surface area contributed by atoms with Gasteiger partial charge >= 0.3 is 0 Å². The molecule has 0 spiro atoms. The number of nitrogens with zero attached hydrogens (tertiary/aromatic N) is 3. The number of nitrogens with one attached hydrogen (secondary N) is 1. The van der Waals surface area contributed by atoms with Gasteiger partial charge in [-0.05, 0) is 50.5 Å². The summed E-state index contributed by atoms with van der Waals surface area (Å²) in [6, 6.07) is 8.98. The maximum Gasteiger partial charge on any atom is 0.151 e. The van der Waals surface area contributed by atoms with Gasteiger partial charge in [-0.3, -0.25) is 0 Å². The number of aryl methyl sites for hydroxylation is 1. The van der Waals surface area contributed by atoms with Crippen LogP contribution in [0.25, 0.3) is 0 Å². The summed E-state index contributed by atoms with van der Waals surface area (Å²) in [6.45, 7) is 4.33. The summed E-state index contributed by atoms with van der Waals surface area (Å²) in [5.41, 5.74) is 0. The third-order valence-electron chi connectivity index (χ3n) is 4.23. The number of piperidine rings is 1. The Hall–Kier alpha value is -1.88. The topological polar surface area (TPSA) is 54.2 Å². The zero-order chi connectivity index (χ0) is 15.2. The van der Waals surface area contributed by atoms with E-state index >= 15 is 0 Å². The van der Waals surface area contributed by atoms with Crippen molar-refractivity contribution in [3.05, 3.63) is 42.5 Å². The van der Waals surface area contributed by atoms with Crippen molar-refractivity contribution in [2.75, 3.05) is 18.0 Å². The van der Waals surface area contributed by atoms with Gasteiger partial charge in [0.05, 0.1) is 6.26 Å². The number of aromatic nitrogens is 2. The smallest absolute Gasteiger partial charge is 0.151 e. The van der Waals surface area contributed by atoms with Crippen molar-refractivity contribution in [3.63, 3.8) is 0 Å². The van der Waals surface area contributed by atoms with Crippen LogP contribution in [0.3, 0.4) is 0 Å². The first-order chi connectivity index (χ1) is 10.8. The summed E-state index contributed by atoms with van der Waals surface area (Å²) in [4.78, 5) is 2.33. The summed E-state index contributed by atoms with van der Waals surface area (Å²) in [6.07, 6.45) is 7.96. The van der Waals surface area contributed by atoms with Gasteiger partial charge in [0.2, 0.25) is 0 Å². The summed E-state index contributed by atoms with van der Waals surface area (Å²) < 4.78 is 5.40. The minimum Gasteiger partial charge on any atom is -0.469 e. The minimum atomic E-state index is 0.483. The van der Waals surface area contributed by atoms with Gasteiger partial charge < -0.3 is 14.6 Å². The van der Waals surface area contributed by atoms with Crippen molar-refractivity contribution in [2.24, 2.45) is 0 Å². The fourth-order valence-electron chi connectivity index (χ4n) is 3.08. The normalized spacial score (nSPS) is 20.0. The van der Waals surface area contributed by atoms with Crippen LogP contribution in [0.5, 0.6) is 0 Å². The Bertz CT molecular complexity index is 543. The standard InChI is InChI=1S/C17H24N4O/c1-14(8-9-16-6-4-12-22-16)19-15-5-3-11-21(13-15)17-7-2-10-18-20-17/h2,4,6-7,10,12,14-15,19H,3,5,8-9,11,13H2,1H3/t14-,15-/m1/s1. The molecule has 5 heteroatoms. The van der Waals surface area contributed by atoms with Crippen LogP contribution in [0.15, 0.2) is 41.1 Å². The van der Waals surface area contributed by atoms with E-state index in [4.69, 9.17) is 4.42 Å². The lowest BCUT2D eigenvalue weighted by molar-refractivity contribution is 0.366. The van der Waals surface area contributed by atoms with E-state index in [0.29, 0.717) is 12.1 Å². The molecule has 22 heavy (non-hydrogen) atoms. The first kappa shape index (κ1) is 15.0. The molecule has 0 bridgehead atoms. The maximum absolute atomic E-state index is 5.40. The van der Waals surface area contributed by atoms with Gasteiger partial charge in [0, 0.05) is 37.8 Å². The van der Waals surface area contributed by atoms with E-state index in [1.54, 1.807) is 12.5 Å². The lowest BCUT2D eigenvalue weighted by atomic mass is 10.0. The lowest BCUT2D eigenvalue weighted by Crippen LogP contribution is -2.48. The molecule has 0 aliphatic carbocycles. The van der Waals surface area contributed by atoms with E-state index in [0.717, 1.165) is 37.5 Å². The van der Waals surface area contributed by atoms with Gasteiger partial charge in [-0.25, -0.2) is 0 Å². The van der Waals surface area contributed by atoms with Crippen LogP contribution in [0.4, 0.5) is 5.82 Å². The predicted octanol–water partition coefficient (Wildman–Crippen LogP) is 2.65. The highest BCUT2D eigenvalue weighted by molar-refractivity contribution is 5.37. The Morgan fingerprint density at radius 3 is 3.14 bits per heavy atom. The largest absolute Gasteiger partial charge is 0.469 e. The molecule has 0 unspecified atom stereocenters. The van der Waals surface area contributed by atoms with Crippen molar-refractivity contribution in [1.82, 2.24) is 15.5 Å². The SMILES string of the molecule is C[C@H](CCc1ccco1)N[C@@H]1CCCN(c2cccnn2)C1. The van der Waals surface area contributed by atoms with Crippen molar-refractivity contribution < 1.29 is 4.42 Å². The number of furan rings is 1. The average molecular weight is 300 g/mol. The highest BCUT2D eigenvalue weighted by Gasteiger charge is 2.22. The number of hydrogen-bond acceptors (Lipinski definition) is 5. The Labute approximate surface area is 131 Å². The summed E-state index contributed by atoms with van der Waals surface area (Å²) in [5, 5.41) is 12.0. The molecule has 5 nitrogen and oxygen atoms in total. The number of hydrogen-bond donors (Lipinski definition) is 1. The zero-order valence-corrected chi connectivity index (χ0v) is 13.1. The molecule has 0 amide bonds. The van der Waals surface area contributed by atoms with Crippen LogP contribution in [0, 0.1) is 0 Å². The second-order valence-corrected chi connectivity index (χ2v) is 6.05. The van der Waals surface area contributed by atoms with Gasteiger partial charge in [-0.1, -0.05) is 0 Å². The molecule has 3 heterocycles. The monoisotopic (exact) mass is 300 g/mol. The summed E-state index contributed by atoms with van der Waals surface area (Å²) in [5.74, 6) is 2.05. The fourth-order valence-corrected chi connectivity index (χ4v) is 3.08. The van der Waals surface area contributed by atoms with Gasteiger partial charge in [0.25, 0.3) is 0 Å². The molecule has 0 radical (unpaired) electrons. The van der Waals surface area contributed by atoms with Crippen LogP contribution in [-0.4, -0.2) is 35.4 Å². The Balaban J connectivity index is 1.47. The summed E-state index contributed by atoms with van der Waals surface area (Å²) in [7, 11) is 0. The van der Waals surface area contributed by atoms with Crippen molar-refractivity contribution >= 4 is 5.82 Å². The second-order valence-electron chi connectivity index (χ2n) is 6.05. The number of rotatable bonds is 6. The molecule has 2 atom stereocenters. The second kappa shape index (κ2) is 7.40. The molecule has 1 N–H and O–H groups in total. The molecule has 0 aromatic carbocycles. The van der Waals surface area contributed by atoms with E-state index < -0.39 is 0 Å². The fraction of sp³-hybridized carbons (Fsp3) is 0.529. The van der Waals surface area contributed by atoms with E-state index in [9.17, 15) is 0 Å². The Morgan fingerprint density at radius 2 is 2.36 bits per heavy atom. The van der Waals surface area contributed by atoms with Crippen LogP contribution in [0.1, 0.15) is 31.9 Å². The molecule has 0 saturated carbocycles. The van der Waals surface area contributed by atoms with Crippen LogP contribution in [-0.2, 0) is 6.42 Å². The molecule has 1 fully saturated rings. The highest BCUT2D eigenvalue weighted by atomic mass is 16.3. The zero-order valence-electron chi connectivity index (χ0n) is 13.1. The highest BCUT2D eigenvalue weighted by Crippen LogP contribution is 2.17. The van der Waals surface area contributed by atoms with Gasteiger partial charge in [0.15, 0.2) is 5.82 Å². The van der Waals surface area contributed by atoms with Crippen LogP contribution in [0.2, 0.25) is 0 Å². The predicted molar refractivity (Wildman–Crippen MR) is 86.9 cm³/mol. The molecule has 118 valence electrons. The van der Waals surface area contributed by atoms with Crippen LogP contribution < -0.4 is 10.2 Å². The first-order valence-corrected chi connectivity index (χ1v) is 8.12. The average Bonchev–Trinajstić information content (AvgIpc) is 3.08. The van der Waals surface area contributed by atoms with Gasteiger partial charge in [-0.2, -0.15) is 5.10 Å². The van der Waals surface area contributed by atoms with Crippen molar-refractivity contribution in [3.8, 4) is 0 Å². The van der Waals surface area contributed by atoms with E-state index in [1.165, 1.54) is 12.8 Å². The molecular formula is C17H24N4O. The van der Waals surface area contributed by atoms with Gasteiger partial charge in [-0.15, -0.1) is 5.10 Å². The van der Waals surface area contributed by atoms with Crippen LogP contribution >= 0.6 is 0 Å². The Morgan fingerprint density at radius 1 is 1.41 bits per heavy atom. The van der Waals surface area contributed by atoms with Crippen molar-refractivity contribution in [2.45, 2.75) is 44.7 Å². The van der Waals surface area contributed by atoms with E-state index in [1.807, 2.05) is 24.3 Å². The molecule has 3 rings (SSSR count). The Kier molecular flexibility index (Phi) is 5.06. The van der Waals surface area contributed by atoms with Gasteiger partial charge in [0.1, 0.15) is 5.76 Å². The summed E-state index contributed by atoms with van der Waals surface area (Å²) >= 11 is 0. The third kappa shape index (κ3) is 4.07. The number of anilines is 1.